The number of nitrogens with zero attached hydrogens (tertiary/aromatic N) is 1. The fourth-order valence-corrected chi connectivity index (χ4v) is 2.07. The van der Waals surface area contributed by atoms with E-state index in [9.17, 15) is 14.7 Å². The number of benzene rings is 1. The van der Waals surface area contributed by atoms with Gasteiger partial charge in [0, 0.05) is 18.7 Å². The third kappa shape index (κ3) is 4.11. The van der Waals surface area contributed by atoms with Crippen molar-refractivity contribution >= 4 is 11.9 Å². The Morgan fingerprint density at radius 2 is 1.95 bits per heavy atom. The van der Waals surface area contributed by atoms with Gasteiger partial charge >= 0.3 is 0 Å². The second-order valence-electron chi connectivity index (χ2n) is 4.66. The highest BCUT2D eigenvalue weighted by atomic mass is 16.5. The summed E-state index contributed by atoms with van der Waals surface area (Å²) in [5, 5.41) is 10.9. The Labute approximate surface area is 128 Å². The van der Waals surface area contributed by atoms with Crippen LogP contribution < -0.4 is 14.6 Å². The maximum absolute atomic E-state index is 12.0. The molecule has 0 spiro atoms. The van der Waals surface area contributed by atoms with Crippen LogP contribution >= 0.6 is 0 Å². The number of carbonyl (C=O) groups is 2. The van der Waals surface area contributed by atoms with Crippen molar-refractivity contribution in [2.45, 2.75) is 6.92 Å². The summed E-state index contributed by atoms with van der Waals surface area (Å²) in [6, 6.07) is 4.14. The molecule has 1 aliphatic heterocycles. The van der Waals surface area contributed by atoms with Gasteiger partial charge in [-0.05, 0) is 25.1 Å². The van der Waals surface area contributed by atoms with Crippen molar-refractivity contribution in [3.63, 3.8) is 0 Å². The number of hydrogen-bond donors (Lipinski definition) is 0. The van der Waals surface area contributed by atoms with Gasteiger partial charge in [-0.15, -0.1) is 0 Å². The molecule has 7 nitrogen and oxygen atoms in total. The van der Waals surface area contributed by atoms with Crippen LogP contribution in [0.2, 0.25) is 0 Å². The number of carboxylic acids is 1. The van der Waals surface area contributed by atoms with E-state index in [1.807, 2.05) is 0 Å². The molecule has 1 aliphatic rings. The van der Waals surface area contributed by atoms with Crippen molar-refractivity contribution in [3.8, 4) is 11.5 Å². The van der Waals surface area contributed by atoms with E-state index < -0.39 is 5.97 Å². The first kappa shape index (κ1) is 16.1. The van der Waals surface area contributed by atoms with Crippen molar-refractivity contribution in [1.82, 2.24) is 4.90 Å². The molecule has 0 bridgehead atoms. The Morgan fingerprint density at radius 1 is 1.23 bits per heavy atom. The van der Waals surface area contributed by atoms with Gasteiger partial charge in [0.2, 0.25) is 0 Å². The van der Waals surface area contributed by atoms with Gasteiger partial charge in [0.25, 0.3) is 5.91 Å². The third-order valence-corrected chi connectivity index (χ3v) is 3.19. The van der Waals surface area contributed by atoms with Crippen LogP contribution in [0.3, 0.4) is 0 Å². The molecule has 22 heavy (non-hydrogen) atoms. The Bertz CT molecular complexity index is 539. The molecule has 0 unspecified atom stereocenters. The lowest BCUT2D eigenvalue weighted by Crippen LogP contribution is -2.43. The molecule has 1 aromatic rings. The van der Waals surface area contributed by atoms with Crippen LogP contribution in [0, 0.1) is 0 Å². The normalized spacial score (nSPS) is 14.5. The van der Waals surface area contributed by atoms with Gasteiger partial charge in [-0.3, -0.25) is 4.79 Å². The van der Waals surface area contributed by atoms with Crippen molar-refractivity contribution in [3.05, 3.63) is 23.8 Å². The SMILES string of the molecule is CCOc1cc(C(=O)[O-])ccc1OCC(=O)N1CCOCC1. The maximum atomic E-state index is 12.0. The zero-order valence-electron chi connectivity index (χ0n) is 12.4. The van der Waals surface area contributed by atoms with Gasteiger partial charge in [0.1, 0.15) is 0 Å². The minimum Gasteiger partial charge on any atom is -0.545 e. The first-order valence-corrected chi connectivity index (χ1v) is 7.08. The summed E-state index contributed by atoms with van der Waals surface area (Å²) in [5.74, 6) is -0.834. The Kier molecular flexibility index (Phi) is 5.60. The molecule has 0 aliphatic carbocycles. The zero-order chi connectivity index (χ0) is 15.9. The van der Waals surface area contributed by atoms with Crippen molar-refractivity contribution < 1.29 is 28.9 Å². The summed E-state index contributed by atoms with van der Waals surface area (Å²) in [7, 11) is 0. The summed E-state index contributed by atoms with van der Waals surface area (Å²) < 4.78 is 16.0. The average Bonchev–Trinajstić information content (AvgIpc) is 2.54. The quantitative estimate of drug-likeness (QED) is 0.716. The second-order valence-corrected chi connectivity index (χ2v) is 4.66. The van der Waals surface area contributed by atoms with Crippen LogP contribution in [0.4, 0.5) is 0 Å². The molecular weight excluding hydrogens is 290 g/mol. The van der Waals surface area contributed by atoms with E-state index in [0.717, 1.165) is 0 Å². The smallest absolute Gasteiger partial charge is 0.260 e. The average molecular weight is 308 g/mol. The van der Waals surface area contributed by atoms with Crippen molar-refractivity contribution in [2.24, 2.45) is 0 Å². The maximum Gasteiger partial charge on any atom is 0.260 e. The first-order chi connectivity index (χ1) is 10.6. The number of aromatic carboxylic acids is 1. The standard InChI is InChI=1S/C15H19NO6/c1-2-21-13-9-11(15(18)19)3-4-12(13)22-10-14(17)16-5-7-20-8-6-16/h3-4,9H,2,5-8,10H2,1H3,(H,18,19)/p-1. The molecule has 1 aromatic carbocycles. The number of carbonyl (C=O) groups excluding carboxylic acids is 2. The number of rotatable bonds is 6. The summed E-state index contributed by atoms with van der Waals surface area (Å²) in [5.41, 5.74) is -0.00435. The largest absolute Gasteiger partial charge is 0.545 e. The van der Waals surface area contributed by atoms with Gasteiger partial charge in [0.05, 0.1) is 25.8 Å². The minimum atomic E-state index is -1.29. The Morgan fingerprint density at radius 3 is 2.59 bits per heavy atom. The number of hydrogen-bond acceptors (Lipinski definition) is 6. The zero-order valence-corrected chi connectivity index (χ0v) is 12.4. The lowest BCUT2D eigenvalue weighted by Gasteiger charge is -2.26. The van der Waals surface area contributed by atoms with E-state index in [1.165, 1.54) is 18.2 Å². The predicted octanol–water partition coefficient (Wildman–Crippen LogP) is -0.314. The highest BCUT2D eigenvalue weighted by molar-refractivity contribution is 5.86. The van der Waals surface area contributed by atoms with E-state index in [1.54, 1.807) is 11.8 Å². The summed E-state index contributed by atoms with van der Waals surface area (Å²) in [6.45, 7) is 4.13. The molecule has 2 rings (SSSR count). The molecule has 7 heteroatoms. The lowest BCUT2D eigenvalue weighted by atomic mass is 10.2. The van der Waals surface area contributed by atoms with E-state index in [0.29, 0.717) is 38.7 Å². The third-order valence-electron chi connectivity index (χ3n) is 3.19. The highest BCUT2D eigenvalue weighted by Crippen LogP contribution is 2.28. The van der Waals surface area contributed by atoms with Gasteiger partial charge in [-0.1, -0.05) is 0 Å². The molecular formula is C15H18NO6-. The lowest BCUT2D eigenvalue weighted by molar-refractivity contribution is -0.255. The molecule has 0 radical (unpaired) electrons. The second kappa shape index (κ2) is 7.65. The van der Waals surface area contributed by atoms with E-state index >= 15 is 0 Å². The van der Waals surface area contributed by atoms with E-state index in [-0.39, 0.29) is 23.8 Å². The molecule has 1 heterocycles. The van der Waals surface area contributed by atoms with Gasteiger partial charge in [0.15, 0.2) is 18.1 Å². The monoisotopic (exact) mass is 308 g/mol. The van der Waals surface area contributed by atoms with Crippen molar-refractivity contribution in [2.75, 3.05) is 39.5 Å². The summed E-state index contributed by atoms with van der Waals surface area (Å²) in [6.07, 6.45) is 0. The highest BCUT2D eigenvalue weighted by Gasteiger charge is 2.18. The van der Waals surface area contributed by atoms with E-state index in [4.69, 9.17) is 14.2 Å². The molecule has 1 amide bonds. The number of amides is 1. The fraction of sp³-hybridized carbons (Fsp3) is 0.467. The first-order valence-electron chi connectivity index (χ1n) is 7.08. The molecule has 120 valence electrons. The number of ether oxygens (including phenoxy) is 3. The molecule has 0 aromatic heterocycles. The van der Waals surface area contributed by atoms with Crippen LogP contribution in [0.25, 0.3) is 0 Å². The number of carboxylic acid groups (broad SMARTS) is 1. The molecule has 0 atom stereocenters. The van der Waals surface area contributed by atoms with Gasteiger partial charge < -0.3 is 29.0 Å². The van der Waals surface area contributed by atoms with E-state index in [2.05, 4.69) is 0 Å². The van der Waals surface area contributed by atoms with Crippen LogP contribution in [-0.4, -0.2) is 56.3 Å². The Hall–Kier alpha value is -2.28. The predicted molar refractivity (Wildman–Crippen MR) is 74.8 cm³/mol. The molecule has 0 N–H and O–H groups in total. The summed E-state index contributed by atoms with van der Waals surface area (Å²) >= 11 is 0. The fourth-order valence-electron chi connectivity index (χ4n) is 2.07. The molecule has 1 fully saturated rings. The van der Waals surface area contributed by atoms with Gasteiger partial charge in [-0.2, -0.15) is 0 Å². The van der Waals surface area contributed by atoms with Crippen LogP contribution in [-0.2, 0) is 9.53 Å². The van der Waals surface area contributed by atoms with Gasteiger partial charge in [-0.25, -0.2) is 0 Å². The minimum absolute atomic E-state index is 0.00435. The van der Waals surface area contributed by atoms with Crippen LogP contribution in [0.1, 0.15) is 17.3 Å². The van der Waals surface area contributed by atoms with Crippen LogP contribution in [0.5, 0.6) is 11.5 Å². The van der Waals surface area contributed by atoms with Crippen LogP contribution in [0.15, 0.2) is 18.2 Å². The molecule has 0 saturated carbocycles. The summed E-state index contributed by atoms with van der Waals surface area (Å²) in [4.78, 5) is 24.5. The molecule has 1 saturated heterocycles. The number of morpholine rings is 1. The Balaban J connectivity index is 2.01. The topological polar surface area (TPSA) is 88.1 Å². The van der Waals surface area contributed by atoms with Crippen molar-refractivity contribution in [1.29, 1.82) is 0 Å².